The first kappa shape index (κ1) is 12.0. The molecular formula is C13H14N2O4. The molecule has 1 fully saturated rings. The lowest BCUT2D eigenvalue weighted by Gasteiger charge is -2.30. The molecule has 0 radical (unpaired) electrons. The Hall–Kier alpha value is -2.08. The van der Waals surface area contributed by atoms with E-state index < -0.39 is 5.97 Å². The van der Waals surface area contributed by atoms with Gasteiger partial charge in [-0.05, 0) is 37.0 Å². The van der Waals surface area contributed by atoms with Gasteiger partial charge in [-0.3, -0.25) is 0 Å². The molecule has 1 aromatic carbocycles. The Bertz CT molecular complexity index is 616. The molecule has 0 atom stereocenters. The van der Waals surface area contributed by atoms with Crippen molar-refractivity contribution in [2.45, 2.75) is 18.9 Å². The Kier molecular flexibility index (Phi) is 2.87. The van der Waals surface area contributed by atoms with Gasteiger partial charge in [0.15, 0.2) is 5.58 Å². The highest BCUT2D eigenvalue weighted by atomic mass is 16.4. The van der Waals surface area contributed by atoms with Crippen molar-refractivity contribution < 1.29 is 19.4 Å². The quantitative estimate of drug-likeness (QED) is 0.776. The summed E-state index contributed by atoms with van der Waals surface area (Å²) in [6.07, 6.45) is 1.43. The minimum Gasteiger partial charge on any atom is -0.478 e. The first-order valence-corrected chi connectivity index (χ1v) is 6.17. The normalized spacial score (nSPS) is 22.2. The van der Waals surface area contributed by atoms with Gasteiger partial charge in [-0.15, -0.1) is 0 Å². The molecule has 3 N–H and O–H groups in total. The number of aliphatic hydroxyl groups is 1. The van der Waals surface area contributed by atoms with Gasteiger partial charge in [-0.1, -0.05) is 0 Å². The molecule has 6 heteroatoms. The number of aromatic carboxylic acids is 1. The number of aliphatic hydroxyl groups excluding tert-OH is 1. The van der Waals surface area contributed by atoms with Crippen LogP contribution < -0.4 is 5.32 Å². The number of fused-ring (bicyclic) bond motifs is 1. The van der Waals surface area contributed by atoms with E-state index in [0.717, 1.165) is 12.8 Å². The van der Waals surface area contributed by atoms with Crippen molar-refractivity contribution in [3.8, 4) is 0 Å². The topological polar surface area (TPSA) is 95.6 Å². The van der Waals surface area contributed by atoms with Crippen molar-refractivity contribution >= 4 is 23.1 Å². The fourth-order valence-corrected chi connectivity index (χ4v) is 2.23. The number of anilines is 1. The molecule has 0 aliphatic heterocycles. The lowest BCUT2D eigenvalue weighted by atomic mass is 9.82. The molecule has 2 aromatic rings. The van der Waals surface area contributed by atoms with Gasteiger partial charge >= 0.3 is 5.97 Å². The van der Waals surface area contributed by atoms with Crippen LogP contribution in [0.2, 0.25) is 0 Å². The van der Waals surface area contributed by atoms with E-state index in [9.17, 15) is 9.90 Å². The van der Waals surface area contributed by atoms with E-state index in [1.807, 2.05) is 0 Å². The summed E-state index contributed by atoms with van der Waals surface area (Å²) in [7, 11) is 0. The third kappa shape index (κ3) is 2.39. The van der Waals surface area contributed by atoms with E-state index in [0.29, 0.717) is 29.6 Å². The fraction of sp³-hybridized carbons (Fsp3) is 0.385. The van der Waals surface area contributed by atoms with Gasteiger partial charge in [-0.25, -0.2) is 4.79 Å². The van der Waals surface area contributed by atoms with E-state index >= 15 is 0 Å². The summed E-state index contributed by atoms with van der Waals surface area (Å²) in [5.74, 6) is -0.546. The van der Waals surface area contributed by atoms with Crippen LogP contribution in [0.15, 0.2) is 22.6 Å². The molecule has 0 amide bonds. The summed E-state index contributed by atoms with van der Waals surface area (Å²) in [6, 6.07) is 4.97. The third-order valence-electron chi connectivity index (χ3n) is 3.39. The standard InChI is InChI=1S/C13H14N2O4/c16-9-3-7(4-9)6-14-13-15-10-2-1-8(12(17)18)5-11(10)19-13/h1-2,5,7,9,16H,3-4,6H2,(H,14,15)(H,17,18). The molecular weight excluding hydrogens is 248 g/mol. The molecule has 1 saturated carbocycles. The minimum absolute atomic E-state index is 0.173. The molecule has 3 rings (SSSR count). The lowest BCUT2D eigenvalue weighted by Crippen LogP contribution is -2.33. The van der Waals surface area contributed by atoms with E-state index in [2.05, 4.69) is 10.3 Å². The summed E-state index contributed by atoms with van der Waals surface area (Å²) in [4.78, 5) is 15.1. The van der Waals surface area contributed by atoms with E-state index in [-0.39, 0.29) is 11.7 Å². The number of carboxylic acids is 1. The zero-order valence-electron chi connectivity index (χ0n) is 10.2. The maximum absolute atomic E-state index is 10.8. The van der Waals surface area contributed by atoms with Crippen LogP contribution in [0, 0.1) is 5.92 Å². The predicted octanol–water partition coefficient (Wildman–Crippen LogP) is 1.71. The largest absolute Gasteiger partial charge is 0.478 e. The van der Waals surface area contributed by atoms with E-state index in [1.165, 1.54) is 12.1 Å². The second kappa shape index (κ2) is 4.55. The predicted molar refractivity (Wildman–Crippen MR) is 68.2 cm³/mol. The average molecular weight is 262 g/mol. The van der Waals surface area contributed by atoms with Crippen LogP contribution >= 0.6 is 0 Å². The number of nitrogens with zero attached hydrogens (tertiary/aromatic N) is 1. The van der Waals surface area contributed by atoms with Gasteiger partial charge in [0.2, 0.25) is 0 Å². The summed E-state index contributed by atoms with van der Waals surface area (Å²) < 4.78 is 5.46. The second-order valence-electron chi connectivity index (χ2n) is 4.88. The zero-order chi connectivity index (χ0) is 13.4. The Morgan fingerprint density at radius 3 is 2.95 bits per heavy atom. The average Bonchev–Trinajstić information content (AvgIpc) is 2.74. The third-order valence-corrected chi connectivity index (χ3v) is 3.39. The fourth-order valence-electron chi connectivity index (χ4n) is 2.23. The molecule has 0 saturated heterocycles. The highest BCUT2D eigenvalue weighted by molar-refractivity contribution is 5.92. The van der Waals surface area contributed by atoms with Crippen LogP contribution in [0.5, 0.6) is 0 Å². The van der Waals surface area contributed by atoms with Crippen molar-refractivity contribution in [2.24, 2.45) is 5.92 Å². The highest BCUT2D eigenvalue weighted by Crippen LogP contribution is 2.28. The molecule has 0 spiro atoms. The molecule has 1 heterocycles. The monoisotopic (exact) mass is 262 g/mol. The van der Waals surface area contributed by atoms with Crippen molar-refractivity contribution in [3.05, 3.63) is 23.8 Å². The van der Waals surface area contributed by atoms with Crippen LogP contribution in [-0.2, 0) is 0 Å². The molecule has 100 valence electrons. The van der Waals surface area contributed by atoms with Gasteiger partial charge in [0.05, 0.1) is 11.7 Å². The van der Waals surface area contributed by atoms with Crippen LogP contribution in [0.3, 0.4) is 0 Å². The molecule has 0 unspecified atom stereocenters. The van der Waals surface area contributed by atoms with Crippen LogP contribution in [-0.4, -0.2) is 33.8 Å². The molecule has 6 nitrogen and oxygen atoms in total. The van der Waals surface area contributed by atoms with Gasteiger partial charge in [-0.2, -0.15) is 4.98 Å². The van der Waals surface area contributed by atoms with Gasteiger partial charge in [0, 0.05) is 6.54 Å². The number of nitrogens with one attached hydrogen (secondary N) is 1. The Balaban J connectivity index is 1.72. The van der Waals surface area contributed by atoms with Crippen molar-refractivity contribution in [1.82, 2.24) is 4.98 Å². The number of carboxylic acid groups (broad SMARTS) is 1. The highest BCUT2D eigenvalue weighted by Gasteiger charge is 2.27. The minimum atomic E-state index is -0.990. The number of benzene rings is 1. The van der Waals surface area contributed by atoms with Crippen LogP contribution in [0.4, 0.5) is 6.01 Å². The lowest BCUT2D eigenvalue weighted by molar-refractivity contribution is 0.0484. The van der Waals surface area contributed by atoms with E-state index in [4.69, 9.17) is 9.52 Å². The number of oxazole rings is 1. The summed E-state index contributed by atoms with van der Waals surface area (Å²) >= 11 is 0. The van der Waals surface area contributed by atoms with Crippen molar-refractivity contribution in [1.29, 1.82) is 0 Å². The number of hydrogen-bond acceptors (Lipinski definition) is 5. The van der Waals surface area contributed by atoms with E-state index in [1.54, 1.807) is 6.07 Å². The van der Waals surface area contributed by atoms with Crippen molar-refractivity contribution in [2.75, 3.05) is 11.9 Å². The first-order chi connectivity index (χ1) is 9.11. The summed E-state index contributed by atoms with van der Waals surface area (Å²) in [5.41, 5.74) is 1.26. The SMILES string of the molecule is O=C(O)c1ccc2nc(NCC3CC(O)C3)oc2c1. The summed E-state index contributed by atoms with van der Waals surface area (Å²) in [6.45, 7) is 0.704. The number of hydrogen-bond donors (Lipinski definition) is 3. The Morgan fingerprint density at radius 1 is 1.47 bits per heavy atom. The van der Waals surface area contributed by atoms with Gasteiger partial charge in [0.25, 0.3) is 6.01 Å². The van der Waals surface area contributed by atoms with Crippen LogP contribution in [0.1, 0.15) is 23.2 Å². The van der Waals surface area contributed by atoms with Crippen LogP contribution in [0.25, 0.3) is 11.1 Å². The van der Waals surface area contributed by atoms with Gasteiger partial charge in [0.1, 0.15) is 5.52 Å². The molecule has 1 aliphatic rings. The molecule has 1 aromatic heterocycles. The first-order valence-electron chi connectivity index (χ1n) is 6.17. The molecule has 1 aliphatic carbocycles. The molecule has 19 heavy (non-hydrogen) atoms. The summed E-state index contributed by atoms with van der Waals surface area (Å²) in [5, 5.41) is 21.1. The Labute approximate surface area is 109 Å². The Morgan fingerprint density at radius 2 is 2.26 bits per heavy atom. The number of carbonyl (C=O) groups is 1. The maximum Gasteiger partial charge on any atom is 0.335 e. The maximum atomic E-state index is 10.8. The molecule has 0 bridgehead atoms. The number of rotatable bonds is 4. The number of aromatic nitrogens is 1. The van der Waals surface area contributed by atoms with Gasteiger partial charge < -0.3 is 19.9 Å². The zero-order valence-corrected chi connectivity index (χ0v) is 10.2. The van der Waals surface area contributed by atoms with Crippen molar-refractivity contribution in [3.63, 3.8) is 0 Å². The smallest absolute Gasteiger partial charge is 0.335 e. The second-order valence-corrected chi connectivity index (χ2v) is 4.88.